The number of carbonyl (C=O) groups is 3. The third kappa shape index (κ3) is 28.8. The quantitative estimate of drug-likeness (QED) is 0.0641. The van der Waals surface area contributed by atoms with E-state index < -0.39 is 35.1 Å². The van der Waals surface area contributed by atoms with E-state index in [0.717, 1.165) is 17.1 Å². The first kappa shape index (κ1) is 56.3. The van der Waals surface area contributed by atoms with E-state index in [4.69, 9.17) is 36.2 Å². The molecule has 66 heavy (non-hydrogen) atoms. The largest absolute Gasteiger partial charge is 0.618 e. The zero-order valence-corrected chi connectivity index (χ0v) is 39.1. The van der Waals surface area contributed by atoms with Crippen molar-refractivity contribution in [3.05, 3.63) is 155 Å². The van der Waals surface area contributed by atoms with Crippen molar-refractivity contribution in [3.8, 4) is 12.1 Å². The van der Waals surface area contributed by atoms with Gasteiger partial charge in [0.15, 0.2) is 6.20 Å². The Kier molecular flexibility index (Phi) is 25.2. The van der Waals surface area contributed by atoms with E-state index in [0.29, 0.717) is 47.1 Å². The third-order valence-electron chi connectivity index (χ3n) is 7.06. The minimum atomic E-state index is -0.534. The minimum Gasteiger partial charge on any atom is -0.618 e. The molecule has 7 N–H and O–H groups in total. The molecule has 0 saturated carbocycles. The summed E-state index contributed by atoms with van der Waals surface area (Å²) in [6.45, 7) is 17.9. The number of nitriles is 2. The van der Waals surface area contributed by atoms with Gasteiger partial charge in [0.05, 0.1) is 35.9 Å². The summed E-state index contributed by atoms with van der Waals surface area (Å²) in [5.74, 6) is 0. The second-order valence-electron chi connectivity index (χ2n) is 16.4. The van der Waals surface area contributed by atoms with E-state index in [-0.39, 0.29) is 13.1 Å². The molecule has 0 fully saturated rings. The molecule has 0 aliphatic heterocycles. The van der Waals surface area contributed by atoms with Crippen LogP contribution >= 0.6 is 0 Å². The van der Waals surface area contributed by atoms with Crippen molar-refractivity contribution in [2.75, 3.05) is 0 Å². The summed E-state index contributed by atoms with van der Waals surface area (Å²) in [4.78, 5) is 49.9. The van der Waals surface area contributed by atoms with Crippen molar-refractivity contribution in [1.29, 1.82) is 10.5 Å². The summed E-state index contributed by atoms with van der Waals surface area (Å²) in [5.41, 5.74) is 13.4. The number of aromatic nitrogens is 5. The molecule has 5 heterocycles. The summed E-state index contributed by atoms with van der Waals surface area (Å²) in [6, 6.07) is 30.4. The van der Waals surface area contributed by atoms with Crippen LogP contribution in [0.3, 0.4) is 0 Å². The average molecular weight is 907 g/mol. The Hall–Kier alpha value is -7.74. The van der Waals surface area contributed by atoms with Crippen LogP contribution in [-0.2, 0) is 46.9 Å². The molecule has 19 heteroatoms. The maximum atomic E-state index is 11.4. The molecule has 5 aromatic heterocycles. The molecule has 0 aliphatic carbocycles. The minimum absolute atomic E-state index is 0.152. The van der Waals surface area contributed by atoms with Crippen molar-refractivity contribution in [2.45, 2.75) is 112 Å². The van der Waals surface area contributed by atoms with Crippen LogP contribution in [0.15, 0.2) is 110 Å². The molecule has 0 radical (unpaired) electrons. The van der Waals surface area contributed by atoms with Crippen LogP contribution in [-0.4, -0.2) is 55.0 Å². The molecular weight excluding hydrogens is 845 g/mol. The lowest BCUT2D eigenvalue weighted by Crippen LogP contribution is -2.37. The number of nitrogens with one attached hydrogen (secondary N) is 3. The van der Waals surface area contributed by atoms with Gasteiger partial charge in [0.2, 0.25) is 5.69 Å². The molecule has 352 valence electrons. The van der Waals surface area contributed by atoms with Gasteiger partial charge in [0, 0.05) is 37.6 Å². The molecule has 0 atom stereocenters. The van der Waals surface area contributed by atoms with Gasteiger partial charge in [-0.15, -0.1) is 0 Å². The number of alkyl carbamates (subject to hydrolysis) is 3. The maximum Gasteiger partial charge on any atom is 0.408 e. The number of rotatable bonds is 8. The number of ether oxygens (including phenoxy) is 3. The summed E-state index contributed by atoms with van der Waals surface area (Å²) >= 11 is 0. The Morgan fingerprint density at radius 2 is 0.955 bits per heavy atom. The van der Waals surface area contributed by atoms with E-state index in [1.807, 2.05) is 69.3 Å². The Morgan fingerprint density at radius 3 is 1.35 bits per heavy atom. The van der Waals surface area contributed by atoms with Gasteiger partial charge < -0.3 is 46.8 Å². The zero-order valence-electron chi connectivity index (χ0n) is 39.1. The molecule has 0 bridgehead atoms. The molecule has 0 saturated heterocycles. The number of carbonyl (C=O) groups excluding carboxylic acids is 3. The van der Waals surface area contributed by atoms with Crippen molar-refractivity contribution in [2.24, 2.45) is 11.5 Å². The van der Waals surface area contributed by atoms with Crippen LogP contribution in [0.4, 0.5) is 14.4 Å². The van der Waals surface area contributed by atoms with Gasteiger partial charge in [-0.25, -0.2) is 24.4 Å². The Labute approximate surface area is 387 Å². The van der Waals surface area contributed by atoms with Crippen molar-refractivity contribution in [1.82, 2.24) is 35.9 Å². The molecule has 0 aliphatic rings. The molecule has 19 nitrogen and oxygen atoms in total. The molecule has 0 spiro atoms. The number of nitrogens with two attached hydrogens (primary N) is 2. The van der Waals surface area contributed by atoms with E-state index >= 15 is 0 Å². The van der Waals surface area contributed by atoms with Gasteiger partial charge in [0.1, 0.15) is 46.9 Å². The monoisotopic (exact) mass is 906 g/mol. The zero-order chi connectivity index (χ0) is 49.6. The molecular formula is C47H62N12O7. The van der Waals surface area contributed by atoms with Crippen molar-refractivity contribution >= 4 is 18.3 Å². The van der Waals surface area contributed by atoms with E-state index in [9.17, 15) is 19.6 Å². The van der Waals surface area contributed by atoms with Crippen LogP contribution in [0.25, 0.3) is 0 Å². The fourth-order valence-electron chi connectivity index (χ4n) is 4.35. The van der Waals surface area contributed by atoms with Gasteiger partial charge in [-0.1, -0.05) is 24.3 Å². The Balaban J connectivity index is 0.000000422. The highest BCUT2D eigenvalue weighted by Gasteiger charge is 2.18. The SMILES string of the molecule is CC(C)(C)OC(=O)NCc1cccc(C#N)n1.CC(C)(C)OC(=O)NCc1cccc[n+]1[O-].CC(C)(C)OC(=O)NCc1ccccn1.N#Cc1cccc(CN)n1.NCc1ccccn1. The smallest absolute Gasteiger partial charge is 0.408 e. The first-order valence-corrected chi connectivity index (χ1v) is 20.6. The van der Waals surface area contributed by atoms with Crippen LogP contribution < -0.4 is 32.1 Å². The highest BCUT2D eigenvalue weighted by atomic mass is 16.6. The summed E-state index contributed by atoms with van der Waals surface area (Å²) in [5, 5.41) is 36.0. The van der Waals surface area contributed by atoms with Crippen LogP contribution in [0.5, 0.6) is 0 Å². The summed E-state index contributed by atoms with van der Waals surface area (Å²) in [7, 11) is 0. The van der Waals surface area contributed by atoms with Gasteiger partial charge in [-0.3, -0.25) is 9.97 Å². The topological polar surface area (TPSA) is 293 Å². The number of amides is 3. The average Bonchev–Trinajstić information content (AvgIpc) is 3.27. The lowest BCUT2D eigenvalue weighted by molar-refractivity contribution is -0.614. The highest BCUT2D eigenvalue weighted by Crippen LogP contribution is 2.09. The van der Waals surface area contributed by atoms with Gasteiger partial charge >= 0.3 is 18.3 Å². The number of nitrogens with zero attached hydrogens (tertiary/aromatic N) is 7. The maximum absolute atomic E-state index is 11.4. The van der Waals surface area contributed by atoms with Gasteiger partial charge in [0.25, 0.3) is 0 Å². The summed E-state index contributed by atoms with van der Waals surface area (Å²) in [6.07, 6.45) is 3.35. The van der Waals surface area contributed by atoms with E-state index in [1.54, 1.807) is 109 Å². The van der Waals surface area contributed by atoms with Crippen LogP contribution in [0.2, 0.25) is 0 Å². The van der Waals surface area contributed by atoms with Crippen molar-refractivity contribution in [3.63, 3.8) is 0 Å². The molecule has 5 aromatic rings. The predicted octanol–water partition coefficient (Wildman–Crippen LogP) is 6.38. The second-order valence-corrected chi connectivity index (χ2v) is 16.4. The Bertz CT molecular complexity index is 2280. The lowest BCUT2D eigenvalue weighted by atomic mass is 10.2. The highest BCUT2D eigenvalue weighted by molar-refractivity contribution is 5.68. The third-order valence-corrected chi connectivity index (χ3v) is 7.06. The van der Waals surface area contributed by atoms with E-state index in [1.165, 1.54) is 6.20 Å². The van der Waals surface area contributed by atoms with Crippen LogP contribution in [0, 0.1) is 27.9 Å². The fourth-order valence-corrected chi connectivity index (χ4v) is 4.35. The Morgan fingerprint density at radius 1 is 0.561 bits per heavy atom. The number of hydrogen-bond acceptors (Lipinski definition) is 15. The standard InChI is InChI=1S/C12H15N3O2.C11H16N2O3.C11H16N2O2.C7H7N3.C6H8N2/c1-12(2,3)17-11(16)14-8-10-6-4-5-9(7-13)15-10;1-11(2,3)16-10(14)12-8-9-6-4-5-7-13(9)15;1-11(2,3)15-10(14)13-8-9-6-4-5-7-12-9;8-4-6-2-1-3-7(5-9)10-6;7-5-6-3-1-2-4-8-6/h4-6H,8H2,1-3H3,(H,14,16);4-7H,8H2,1-3H3,(H,12,14);4-7H,8H2,1-3H3,(H,13,14);1-3H,4,8H2;1-4H,5,7H2. The predicted molar refractivity (Wildman–Crippen MR) is 247 cm³/mol. The number of hydrogen-bond donors (Lipinski definition) is 5. The van der Waals surface area contributed by atoms with Gasteiger partial charge in [-0.2, -0.15) is 15.3 Å². The normalized spacial score (nSPS) is 10.3. The first-order valence-electron chi connectivity index (χ1n) is 20.6. The number of pyridine rings is 5. The fraction of sp³-hybridized carbons (Fsp3) is 0.362. The van der Waals surface area contributed by atoms with E-state index in [2.05, 4.69) is 35.9 Å². The molecule has 5 rings (SSSR count). The van der Waals surface area contributed by atoms with Gasteiger partial charge in [-0.05, 0) is 117 Å². The molecule has 0 aromatic carbocycles. The molecule has 0 unspecified atom stereocenters. The summed E-state index contributed by atoms with van der Waals surface area (Å²) < 4.78 is 15.9. The molecule has 3 amide bonds. The van der Waals surface area contributed by atoms with Crippen LogP contribution in [0.1, 0.15) is 102 Å². The first-order chi connectivity index (χ1) is 31.1. The lowest BCUT2D eigenvalue weighted by Gasteiger charge is -2.19. The second kappa shape index (κ2) is 29.6. The van der Waals surface area contributed by atoms with Crippen molar-refractivity contribution < 1.29 is 33.3 Å².